The summed E-state index contributed by atoms with van der Waals surface area (Å²) in [5.41, 5.74) is 0.617. The Balaban J connectivity index is 2.03. The number of halogens is 1. The van der Waals surface area contributed by atoms with Crippen molar-refractivity contribution in [2.24, 2.45) is 0 Å². The fourth-order valence-electron chi connectivity index (χ4n) is 1.68. The highest BCUT2D eigenvalue weighted by atomic mass is 32.2. The average molecular weight is 309 g/mol. The fraction of sp³-hybridized carbons (Fsp3) is 0.231. The summed E-state index contributed by atoms with van der Waals surface area (Å²) in [7, 11) is -3.66. The van der Waals surface area contributed by atoms with Gasteiger partial charge in [0.15, 0.2) is 0 Å². The Hall–Kier alpha value is -2.24. The standard InChI is InChI=1S/C13H12FN3O3S/c1-9-4-12(17-20-9)8-21(18,19)16-7-11-3-2-10(6-15)5-13(11)14/h2-5,16H,7-8H2,1H3. The number of rotatable bonds is 5. The molecule has 0 saturated heterocycles. The van der Waals surface area contributed by atoms with E-state index in [1.807, 2.05) is 0 Å². The molecule has 1 N–H and O–H groups in total. The Morgan fingerprint density at radius 2 is 2.19 bits per heavy atom. The molecule has 0 unspecified atom stereocenters. The van der Waals surface area contributed by atoms with Gasteiger partial charge in [-0.15, -0.1) is 0 Å². The van der Waals surface area contributed by atoms with Crippen molar-refractivity contribution in [3.63, 3.8) is 0 Å². The molecule has 0 bridgehead atoms. The van der Waals surface area contributed by atoms with Crippen LogP contribution in [0.4, 0.5) is 4.39 Å². The first kappa shape index (κ1) is 15.2. The van der Waals surface area contributed by atoms with E-state index in [4.69, 9.17) is 9.78 Å². The molecule has 6 nitrogen and oxygen atoms in total. The highest BCUT2D eigenvalue weighted by molar-refractivity contribution is 7.88. The van der Waals surface area contributed by atoms with Crippen molar-refractivity contribution < 1.29 is 17.3 Å². The number of sulfonamides is 1. The van der Waals surface area contributed by atoms with E-state index in [2.05, 4.69) is 9.88 Å². The molecule has 2 aromatic rings. The molecule has 1 aromatic carbocycles. The predicted octanol–water partition coefficient (Wildman–Crippen LogP) is 1.61. The van der Waals surface area contributed by atoms with Gasteiger partial charge >= 0.3 is 0 Å². The van der Waals surface area contributed by atoms with Crippen molar-refractivity contribution >= 4 is 10.0 Å². The lowest BCUT2D eigenvalue weighted by atomic mass is 10.1. The molecule has 110 valence electrons. The summed E-state index contributed by atoms with van der Waals surface area (Å²) < 4.78 is 44.4. The number of hydrogen-bond acceptors (Lipinski definition) is 5. The molecule has 0 fully saturated rings. The van der Waals surface area contributed by atoms with Crippen LogP contribution in [0.5, 0.6) is 0 Å². The van der Waals surface area contributed by atoms with Crippen molar-refractivity contribution in [1.29, 1.82) is 5.26 Å². The third kappa shape index (κ3) is 4.11. The van der Waals surface area contributed by atoms with Crippen molar-refractivity contribution in [3.05, 3.63) is 52.7 Å². The first-order valence-electron chi connectivity index (χ1n) is 5.98. The second-order valence-electron chi connectivity index (χ2n) is 4.43. The number of aromatic nitrogens is 1. The van der Waals surface area contributed by atoms with Crippen LogP contribution in [0.15, 0.2) is 28.8 Å². The zero-order valence-corrected chi connectivity index (χ0v) is 11.9. The van der Waals surface area contributed by atoms with Crippen LogP contribution in [0.2, 0.25) is 0 Å². The Morgan fingerprint density at radius 1 is 1.43 bits per heavy atom. The maximum atomic E-state index is 13.6. The van der Waals surface area contributed by atoms with Crippen LogP contribution in [-0.4, -0.2) is 13.6 Å². The molecule has 0 aliphatic heterocycles. The Kier molecular flexibility index (Phi) is 4.35. The predicted molar refractivity (Wildman–Crippen MR) is 71.8 cm³/mol. The van der Waals surface area contributed by atoms with Gasteiger partial charge < -0.3 is 4.52 Å². The molecule has 21 heavy (non-hydrogen) atoms. The fourth-order valence-corrected chi connectivity index (χ4v) is 2.68. The van der Waals surface area contributed by atoms with E-state index in [1.54, 1.807) is 13.0 Å². The topological polar surface area (TPSA) is 96.0 Å². The van der Waals surface area contributed by atoms with E-state index in [9.17, 15) is 12.8 Å². The maximum Gasteiger partial charge on any atom is 0.217 e. The molecule has 0 atom stereocenters. The molecular weight excluding hydrogens is 297 g/mol. The second kappa shape index (κ2) is 6.03. The van der Waals surface area contributed by atoms with E-state index >= 15 is 0 Å². The van der Waals surface area contributed by atoms with Gasteiger partial charge in [-0.2, -0.15) is 5.26 Å². The first-order chi connectivity index (χ1) is 9.89. The molecular formula is C13H12FN3O3S. The van der Waals surface area contributed by atoms with E-state index in [0.29, 0.717) is 5.76 Å². The number of aryl methyl sites for hydroxylation is 1. The largest absolute Gasteiger partial charge is 0.361 e. The van der Waals surface area contributed by atoms with Crippen LogP contribution in [0, 0.1) is 24.1 Å². The molecule has 8 heteroatoms. The molecule has 0 amide bonds. The van der Waals surface area contributed by atoms with Crippen LogP contribution < -0.4 is 4.72 Å². The quantitative estimate of drug-likeness (QED) is 0.905. The van der Waals surface area contributed by atoms with E-state index in [1.165, 1.54) is 18.2 Å². The van der Waals surface area contributed by atoms with Crippen LogP contribution in [0.3, 0.4) is 0 Å². The Bertz CT molecular complexity index is 793. The summed E-state index contributed by atoms with van der Waals surface area (Å²) in [6.45, 7) is 1.46. The third-order valence-corrected chi connectivity index (χ3v) is 3.94. The minimum absolute atomic E-state index is 0.161. The van der Waals surface area contributed by atoms with Crippen molar-refractivity contribution in [3.8, 4) is 6.07 Å². The van der Waals surface area contributed by atoms with Crippen LogP contribution >= 0.6 is 0 Å². The lowest BCUT2D eigenvalue weighted by Gasteiger charge is -2.06. The summed E-state index contributed by atoms with van der Waals surface area (Å²) in [6.07, 6.45) is 0. The maximum absolute atomic E-state index is 13.6. The minimum atomic E-state index is -3.66. The number of nitrogens with one attached hydrogen (secondary N) is 1. The summed E-state index contributed by atoms with van der Waals surface area (Å²) in [5, 5.41) is 12.2. The first-order valence-corrected chi connectivity index (χ1v) is 7.63. The SMILES string of the molecule is Cc1cc(CS(=O)(=O)NCc2ccc(C#N)cc2F)no1. The molecule has 0 aliphatic carbocycles. The molecule has 1 aromatic heterocycles. The van der Waals surface area contributed by atoms with Crippen molar-refractivity contribution in [1.82, 2.24) is 9.88 Å². The monoisotopic (exact) mass is 309 g/mol. The smallest absolute Gasteiger partial charge is 0.217 e. The third-order valence-electron chi connectivity index (χ3n) is 2.68. The molecule has 0 radical (unpaired) electrons. The lowest BCUT2D eigenvalue weighted by molar-refractivity contribution is 0.392. The van der Waals surface area contributed by atoms with Gasteiger partial charge in [0.2, 0.25) is 10.0 Å². The number of nitrogens with zero attached hydrogens (tertiary/aromatic N) is 2. The lowest BCUT2D eigenvalue weighted by Crippen LogP contribution is -2.25. The zero-order chi connectivity index (χ0) is 15.5. The summed E-state index contributed by atoms with van der Waals surface area (Å²) in [5.74, 6) is -0.463. The number of hydrogen-bond donors (Lipinski definition) is 1. The normalized spacial score (nSPS) is 11.3. The average Bonchev–Trinajstić information content (AvgIpc) is 2.81. The highest BCUT2D eigenvalue weighted by Crippen LogP contribution is 2.11. The van der Waals surface area contributed by atoms with Crippen molar-refractivity contribution in [2.75, 3.05) is 0 Å². The van der Waals surface area contributed by atoms with E-state index in [-0.39, 0.29) is 29.1 Å². The molecule has 1 heterocycles. The summed E-state index contributed by atoms with van der Waals surface area (Å²) >= 11 is 0. The van der Waals surface area contributed by atoms with Gasteiger partial charge in [0.25, 0.3) is 0 Å². The van der Waals surface area contributed by atoms with Gasteiger partial charge in [-0.25, -0.2) is 17.5 Å². The van der Waals surface area contributed by atoms with Gasteiger partial charge in [-0.3, -0.25) is 0 Å². The Morgan fingerprint density at radius 3 is 2.76 bits per heavy atom. The molecule has 0 saturated carbocycles. The molecule has 0 spiro atoms. The Labute approximate surface area is 121 Å². The van der Waals surface area contributed by atoms with Gasteiger partial charge in [0, 0.05) is 18.2 Å². The van der Waals surface area contributed by atoms with Gasteiger partial charge in [0.05, 0.1) is 11.6 Å². The van der Waals surface area contributed by atoms with Gasteiger partial charge in [-0.1, -0.05) is 11.2 Å². The van der Waals surface area contributed by atoms with Crippen LogP contribution in [-0.2, 0) is 22.3 Å². The number of benzene rings is 1. The highest BCUT2D eigenvalue weighted by Gasteiger charge is 2.15. The second-order valence-corrected chi connectivity index (χ2v) is 6.23. The zero-order valence-electron chi connectivity index (χ0n) is 11.1. The van der Waals surface area contributed by atoms with Crippen LogP contribution in [0.25, 0.3) is 0 Å². The van der Waals surface area contributed by atoms with E-state index < -0.39 is 15.8 Å². The minimum Gasteiger partial charge on any atom is -0.361 e. The molecule has 0 aliphatic rings. The molecule has 2 rings (SSSR count). The summed E-state index contributed by atoms with van der Waals surface area (Å²) in [4.78, 5) is 0. The van der Waals surface area contributed by atoms with Crippen molar-refractivity contribution in [2.45, 2.75) is 19.2 Å². The van der Waals surface area contributed by atoms with E-state index in [0.717, 1.165) is 6.07 Å². The summed E-state index contributed by atoms with van der Waals surface area (Å²) in [6, 6.07) is 7.18. The van der Waals surface area contributed by atoms with Gasteiger partial charge in [-0.05, 0) is 19.1 Å². The van der Waals surface area contributed by atoms with Gasteiger partial charge in [0.1, 0.15) is 23.0 Å². The van der Waals surface area contributed by atoms with Crippen LogP contribution in [0.1, 0.15) is 22.6 Å². The number of nitriles is 1.